The quantitative estimate of drug-likeness (QED) is 0.858. The van der Waals surface area contributed by atoms with Crippen LogP contribution < -0.4 is 0 Å². The second-order valence-corrected chi connectivity index (χ2v) is 4.04. The van der Waals surface area contributed by atoms with E-state index in [1.807, 2.05) is 6.07 Å². The summed E-state index contributed by atoms with van der Waals surface area (Å²) in [5.74, 6) is -0.0137. The summed E-state index contributed by atoms with van der Waals surface area (Å²) < 4.78 is 5.62. The number of aromatic hydroxyl groups is 1. The van der Waals surface area contributed by atoms with Gasteiger partial charge in [0.25, 0.3) is 0 Å². The molecular formula is C11H13BrO3. The summed E-state index contributed by atoms with van der Waals surface area (Å²) in [5.41, 5.74) is 0.912. The van der Waals surface area contributed by atoms with Crippen LogP contribution in [-0.4, -0.2) is 17.7 Å². The van der Waals surface area contributed by atoms with Crippen molar-refractivity contribution in [2.24, 2.45) is 0 Å². The minimum atomic E-state index is -0.211. The monoisotopic (exact) mass is 272 g/mol. The van der Waals surface area contributed by atoms with Crippen molar-refractivity contribution in [2.75, 3.05) is 6.61 Å². The molecule has 3 nitrogen and oxygen atoms in total. The first-order chi connectivity index (χ1) is 7.11. The van der Waals surface area contributed by atoms with Gasteiger partial charge >= 0.3 is 5.97 Å². The minimum absolute atomic E-state index is 0.197. The average molecular weight is 273 g/mol. The summed E-state index contributed by atoms with van der Waals surface area (Å²) in [6.07, 6.45) is 0.912. The first kappa shape index (κ1) is 12.0. The van der Waals surface area contributed by atoms with Gasteiger partial charge < -0.3 is 9.84 Å². The molecule has 0 aromatic heterocycles. The van der Waals surface area contributed by atoms with Gasteiger partial charge in [-0.25, -0.2) is 0 Å². The van der Waals surface area contributed by atoms with Crippen molar-refractivity contribution >= 4 is 21.9 Å². The van der Waals surface area contributed by atoms with Crippen LogP contribution in [0.15, 0.2) is 22.7 Å². The van der Waals surface area contributed by atoms with Crippen LogP contribution in [0.3, 0.4) is 0 Å². The van der Waals surface area contributed by atoms with Crippen molar-refractivity contribution < 1.29 is 14.6 Å². The van der Waals surface area contributed by atoms with E-state index in [0.29, 0.717) is 19.4 Å². The van der Waals surface area contributed by atoms with Gasteiger partial charge in [0.1, 0.15) is 5.75 Å². The fraction of sp³-hybridized carbons (Fsp3) is 0.364. The van der Waals surface area contributed by atoms with E-state index in [1.165, 1.54) is 0 Å². The maximum absolute atomic E-state index is 11.1. The molecule has 4 heteroatoms. The number of carbonyl (C=O) groups excluding carboxylic acids is 1. The number of phenolic OH excluding ortho intramolecular Hbond substituents is 1. The summed E-state index contributed by atoms with van der Waals surface area (Å²) in [6.45, 7) is 2.19. The van der Waals surface area contributed by atoms with Crippen molar-refractivity contribution in [1.29, 1.82) is 0 Å². The molecule has 0 aliphatic carbocycles. The lowest BCUT2D eigenvalue weighted by Crippen LogP contribution is -2.05. The van der Waals surface area contributed by atoms with Crippen LogP contribution in [0, 0.1) is 0 Å². The van der Waals surface area contributed by atoms with E-state index < -0.39 is 0 Å². The Labute approximate surface area is 97.2 Å². The Morgan fingerprint density at radius 2 is 2.20 bits per heavy atom. The standard InChI is InChI=1S/C11H13BrO3/c1-2-15-11(14)4-3-8-5-9(12)7-10(13)6-8/h5-7,13H,2-4H2,1H3. The molecule has 0 saturated carbocycles. The van der Waals surface area contributed by atoms with Crippen LogP contribution in [0.5, 0.6) is 5.75 Å². The molecule has 0 aliphatic heterocycles. The Morgan fingerprint density at radius 1 is 1.47 bits per heavy atom. The third kappa shape index (κ3) is 4.34. The van der Waals surface area contributed by atoms with Crippen LogP contribution in [-0.2, 0) is 16.0 Å². The molecule has 1 N–H and O–H groups in total. The normalized spacial score (nSPS) is 10.0. The highest BCUT2D eigenvalue weighted by Gasteiger charge is 2.04. The molecule has 0 heterocycles. The third-order valence-electron chi connectivity index (χ3n) is 1.87. The molecule has 0 amide bonds. The molecule has 1 aromatic carbocycles. The molecule has 0 unspecified atom stereocenters. The van der Waals surface area contributed by atoms with Gasteiger partial charge in [0.15, 0.2) is 0 Å². The highest BCUT2D eigenvalue weighted by Crippen LogP contribution is 2.21. The van der Waals surface area contributed by atoms with Crippen LogP contribution in [0.25, 0.3) is 0 Å². The zero-order valence-electron chi connectivity index (χ0n) is 8.50. The summed E-state index contributed by atoms with van der Waals surface area (Å²) in [6, 6.07) is 5.12. The molecule has 0 spiro atoms. The predicted octanol–water partition coefficient (Wildman–Crippen LogP) is 2.65. The highest BCUT2D eigenvalue weighted by molar-refractivity contribution is 9.10. The van der Waals surface area contributed by atoms with Gasteiger partial charge in [0.05, 0.1) is 6.61 Å². The van der Waals surface area contributed by atoms with E-state index in [-0.39, 0.29) is 11.7 Å². The second-order valence-electron chi connectivity index (χ2n) is 3.12. The molecule has 0 bridgehead atoms. The van der Waals surface area contributed by atoms with Crippen molar-refractivity contribution in [3.05, 3.63) is 28.2 Å². The predicted molar refractivity (Wildman–Crippen MR) is 60.8 cm³/mol. The number of benzene rings is 1. The molecule has 0 radical (unpaired) electrons. The number of ether oxygens (including phenoxy) is 1. The zero-order valence-corrected chi connectivity index (χ0v) is 10.1. The van der Waals surface area contributed by atoms with Crippen molar-refractivity contribution in [3.8, 4) is 5.75 Å². The number of halogens is 1. The van der Waals surface area contributed by atoms with Crippen molar-refractivity contribution in [2.45, 2.75) is 19.8 Å². The van der Waals surface area contributed by atoms with Gasteiger partial charge in [0, 0.05) is 10.9 Å². The van der Waals surface area contributed by atoms with Crippen LogP contribution in [0.2, 0.25) is 0 Å². The first-order valence-corrected chi connectivity index (χ1v) is 5.55. The topological polar surface area (TPSA) is 46.5 Å². The van der Waals surface area contributed by atoms with Crippen LogP contribution in [0.4, 0.5) is 0 Å². The van der Waals surface area contributed by atoms with Crippen molar-refractivity contribution in [3.63, 3.8) is 0 Å². The van der Waals surface area contributed by atoms with Crippen LogP contribution in [0.1, 0.15) is 18.9 Å². The summed E-state index contributed by atoms with van der Waals surface area (Å²) in [4.78, 5) is 11.1. The fourth-order valence-electron chi connectivity index (χ4n) is 1.26. The van der Waals surface area contributed by atoms with Gasteiger partial charge in [-0.3, -0.25) is 4.79 Å². The molecule has 82 valence electrons. The van der Waals surface area contributed by atoms with Gasteiger partial charge in [-0.1, -0.05) is 15.9 Å². The summed E-state index contributed by atoms with van der Waals surface area (Å²) in [7, 11) is 0. The lowest BCUT2D eigenvalue weighted by molar-refractivity contribution is -0.143. The number of rotatable bonds is 4. The average Bonchev–Trinajstić information content (AvgIpc) is 2.14. The molecule has 0 fully saturated rings. The second kappa shape index (κ2) is 5.75. The number of phenols is 1. The Kier molecular flexibility index (Phi) is 4.62. The zero-order chi connectivity index (χ0) is 11.3. The van der Waals surface area contributed by atoms with E-state index in [4.69, 9.17) is 4.74 Å². The Hall–Kier alpha value is -1.03. The number of hydrogen-bond acceptors (Lipinski definition) is 3. The third-order valence-corrected chi connectivity index (χ3v) is 2.32. The lowest BCUT2D eigenvalue weighted by Gasteiger charge is -2.03. The summed E-state index contributed by atoms with van der Waals surface area (Å²) in [5, 5.41) is 9.32. The van der Waals surface area contributed by atoms with E-state index in [0.717, 1.165) is 10.0 Å². The smallest absolute Gasteiger partial charge is 0.306 e. The first-order valence-electron chi connectivity index (χ1n) is 4.76. The van der Waals surface area contributed by atoms with Gasteiger partial charge in [0.2, 0.25) is 0 Å². The molecule has 0 saturated heterocycles. The van der Waals surface area contributed by atoms with Gasteiger partial charge in [-0.15, -0.1) is 0 Å². The summed E-state index contributed by atoms with van der Waals surface area (Å²) >= 11 is 3.27. The molecular weight excluding hydrogens is 260 g/mol. The SMILES string of the molecule is CCOC(=O)CCc1cc(O)cc(Br)c1. The molecule has 0 aliphatic rings. The van der Waals surface area contributed by atoms with E-state index in [2.05, 4.69) is 15.9 Å². The Morgan fingerprint density at radius 3 is 2.80 bits per heavy atom. The van der Waals surface area contributed by atoms with Gasteiger partial charge in [-0.05, 0) is 37.1 Å². The van der Waals surface area contributed by atoms with Crippen molar-refractivity contribution in [1.82, 2.24) is 0 Å². The molecule has 15 heavy (non-hydrogen) atoms. The Bertz CT molecular complexity index is 329. The van der Waals surface area contributed by atoms with Crippen LogP contribution >= 0.6 is 15.9 Å². The number of esters is 1. The Balaban J connectivity index is 2.54. The maximum atomic E-state index is 11.1. The van der Waals surface area contributed by atoms with Gasteiger partial charge in [-0.2, -0.15) is 0 Å². The lowest BCUT2D eigenvalue weighted by atomic mass is 10.1. The minimum Gasteiger partial charge on any atom is -0.508 e. The maximum Gasteiger partial charge on any atom is 0.306 e. The fourth-order valence-corrected chi connectivity index (χ4v) is 1.79. The molecule has 1 rings (SSSR count). The van der Waals surface area contributed by atoms with E-state index in [1.54, 1.807) is 19.1 Å². The number of hydrogen-bond donors (Lipinski definition) is 1. The number of carbonyl (C=O) groups is 1. The van der Waals surface area contributed by atoms with E-state index in [9.17, 15) is 9.90 Å². The van der Waals surface area contributed by atoms with E-state index >= 15 is 0 Å². The molecule has 0 atom stereocenters. The largest absolute Gasteiger partial charge is 0.508 e. The highest BCUT2D eigenvalue weighted by atomic mass is 79.9. The number of aryl methyl sites for hydroxylation is 1. The molecule has 1 aromatic rings.